The second-order valence-electron chi connectivity index (χ2n) is 4.59. The second kappa shape index (κ2) is 4.47. The highest BCUT2D eigenvalue weighted by atomic mass is 19.1. The Kier molecular flexibility index (Phi) is 2.79. The summed E-state index contributed by atoms with van der Waals surface area (Å²) in [6.07, 6.45) is 2.20. The zero-order valence-corrected chi connectivity index (χ0v) is 10.1. The van der Waals surface area contributed by atoms with Crippen LogP contribution in [-0.2, 0) is 0 Å². The van der Waals surface area contributed by atoms with Crippen molar-refractivity contribution in [1.82, 2.24) is 9.97 Å². The number of nitrogen functional groups attached to an aromatic ring is 1. The average Bonchev–Trinajstić information content (AvgIpc) is 3.26. The van der Waals surface area contributed by atoms with E-state index in [1.807, 2.05) is 0 Å². The van der Waals surface area contributed by atoms with Crippen molar-refractivity contribution in [3.05, 3.63) is 35.8 Å². The molecule has 19 heavy (non-hydrogen) atoms. The Labute approximate surface area is 109 Å². The summed E-state index contributed by atoms with van der Waals surface area (Å²) in [5.74, 6) is 5.64. The van der Waals surface area contributed by atoms with Gasteiger partial charge in [0.1, 0.15) is 5.82 Å². The smallest absolute Gasteiger partial charge is 0.165 e. The summed E-state index contributed by atoms with van der Waals surface area (Å²) in [6, 6.07) is 5.87. The quantitative estimate of drug-likeness (QED) is 0.581. The number of aromatic hydroxyl groups is 1. The number of aromatic nitrogens is 2. The van der Waals surface area contributed by atoms with Crippen LogP contribution in [0.15, 0.2) is 24.3 Å². The van der Waals surface area contributed by atoms with E-state index in [0.717, 1.165) is 18.5 Å². The predicted octanol–water partition coefficient (Wildman–Crippen LogP) is 2.15. The molecule has 3 rings (SSSR count). The van der Waals surface area contributed by atoms with Crippen molar-refractivity contribution >= 4 is 5.82 Å². The first-order chi connectivity index (χ1) is 9.17. The Morgan fingerprint density at radius 3 is 2.68 bits per heavy atom. The lowest BCUT2D eigenvalue weighted by Crippen LogP contribution is -2.10. The molecule has 0 saturated heterocycles. The number of phenolic OH excluding ortho intramolecular Hbond substituents is 1. The number of nitrogens with two attached hydrogens (primary N) is 1. The molecule has 0 bridgehead atoms. The lowest BCUT2D eigenvalue weighted by molar-refractivity contribution is 0.432. The molecule has 4 N–H and O–H groups in total. The predicted molar refractivity (Wildman–Crippen MR) is 68.9 cm³/mol. The van der Waals surface area contributed by atoms with Gasteiger partial charge < -0.3 is 10.5 Å². The highest BCUT2D eigenvalue weighted by molar-refractivity contribution is 5.59. The maximum absolute atomic E-state index is 13.4. The molecule has 0 atom stereocenters. The molecule has 1 saturated carbocycles. The summed E-state index contributed by atoms with van der Waals surface area (Å²) >= 11 is 0. The number of hydrogen-bond acceptors (Lipinski definition) is 5. The first-order valence-electron chi connectivity index (χ1n) is 6.02. The lowest BCUT2D eigenvalue weighted by atomic mass is 10.2. The van der Waals surface area contributed by atoms with Crippen LogP contribution in [0.5, 0.6) is 5.75 Å². The summed E-state index contributed by atoms with van der Waals surface area (Å²) in [6.45, 7) is 0. The number of anilines is 1. The highest BCUT2D eigenvalue weighted by Gasteiger charge is 2.26. The topological polar surface area (TPSA) is 84.1 Å². The van der Waals surface area contributed by atoms with E-state index >= 15 is 0 Å². The minimum atomic E-state index is -0.694. The molecule has 0 unspecified atom stereocenters. The number of benzene rings is 1. The van der Waals surface area contributed by atoms with Crippen LogP contribution in [0.3, 0.4) is 0 Å². The van der Waals surface area contributed by atoms with Crippen LogP contribution < -0.4 is 11.3 Å². The zero-order chi connectivity index (χ0) is 13.4. The van der Waals surface area contributed by atoms with Crippen LogP contribution in [-0.4, -0.2) is 15.1 Å². The van der Waals surface area contributed by atoms with E-state index in [1.54, 1.807) is 12.1 Å². The van der Waals surface area contributed by atoms with Gasteiger partial charge in [-0.1, -0.05) is 0 Å². The van der Waals surface area contributed by atoms with Gasteiger partial charge >= 0.3 is 0 Å². The molecule has 98 valence electrons. The van der Waals surface area contributed by atoms with Crippen molar-refractivity contribution in [2.24, 2.45) is 5.84 Å². The molecule has 6 heteroatoms. The third kappa shape index (κ3) is 2.34. The second-order valence-corrected chi connectivity index (χ2v) is 4.59. The molecule has 2 aromatic rings. The van der Waals surface area contributed by atoms with Gasteiger partial charge in [-0.25, -0.2) is 20.2 Å². The number of phenols is 1. The summed E-state index contributed by atoms with van der Waals surface area (Å²) < 4.78 is 13.4. The van der Waals surface area contributed by atoms with Gasteiger partial charge in [-0.05, 0) is 31.0 Å². The van der Waals surface area contributed by atoms with Gasteiger partial charge in [-0.3, -0.25) is 0 Å². The van der Waals surface area contributed by atoms with Gasteiger partial charge in [0.05, 0.1) is 0 Å². The molecule has 0 amide bonds. The SMILES string of the molecule is NNc1cc(C2CC2)nc(-c2ccc(O)c(F)c2)n1. The monoisotopic (exact) mass is 260 g/mol. The van der Waals surface area contributed by atoms with E-state index in [9.17, 15) is 9.50 Å². The molecule has 0 aliphatic heterocycles. The fourth-order valence-electron chi connectivity index (χ4n) is 1.90. The number of nitrogens with zero attached hydrogens (tertiary/aromatic N) is 2. The Morgan fingerprint density at radius 1 is 1.26 bits per heavy atom. The van der Waals surface area contributed by atoms with E-state index in [4.69, 9.17) is 5.84 Å². The average molecular weight is 260 g/mol. The van der Waals surface area contributed by atoms with E-state index in [0.29, 0.717) is 23.1 Å². The Hall–Kier alpha value is -2.21. The van der Waals surface area contributed by atoms with Gasteiger partial charge in [-0.15, -0.1) is 0 Å². The van der Waals surface area contributed by atoms with Crippen molar-refractivity contribution in [3.8, 4) is 17.1 Å². The largest absolute Gasteiger partial charge is 0.505 e. The molecule has 1 aliphatic rings. The van der Waals surface area contributed by atoms with Crippen LogP contribution in [0.4, 0.5) is 10.2 Å². The highest BCUT2D eigenvalue weighted by Crippen LogP contribution is 2.40. The van der Waals surface area contributed by atoms with Gasteiger partial charge in [0.15, 0.2) is 17.4 Å². The first kappa shape index (κ1) is 11.9. The van der Waals surface area contributed by atoms with Crippen LogP contribution >= 0.6 is 0 Å². The molecule has 0 radical (unpaired) electrons. The summed E-state index contributed by atoms with van der Waals surface area (Å²) in [5, 5.41) is 9.20. The zero-order valence-electron chi connectivity index (χ0n) is 10.1. The van der Waals surface area contributed by atoms with E-state index < -0.39 is 5.82 Å². The third-order valence-electron chi connectivity index (χ3n) is 3.10. The molecule has 1 aromatic carbocycles. The van der Waals surface area contributed by atoms with Gasteiger partial charge in [-0.2, -0.15) is 0 Å². The van der Waals surface area contributed by atoms with Gasteiger partial charge in [0.25, 0.3) is 0 Å². The molecular weight excluding hydrogens is 247 g/mol. The van der Waals surface area contributed by atoms with Crippen molar-refractivity contribution in [2.45, 2.75) is 18.8 Å². The lowest BCUT2D eigenvalue weighted by Gasteiger charge is -2.07. The molecule has 1 heterocycles. The van der Waals surface area contributed by atoms with Crippen molar-refractivity contribution in [2.75, 3.05) is 5.43 Å². The summed E-state index contributed by atoms with van der Waals surface area (Å²) in [4.78, 5) is 8.64. The Balaban J connectivity index is 2.07. The molecular formula is C13H13FN4O. The minimum Gasteiger partial charge on any atom is -0.505 e. The maximum Gasteiger partial charge on any atom is 0.165 e. The maximum atomic E-state index is 13.4. The molecule has 1 aromatic heterocycles. The number of rotatable bonds is 3. The van der Waals surface area contributed by atoms with Gasteiger partial charge in [0, 0.05) is 23.2 Å². The molecule has 0 spiro atoms. The van der Waals surface area contributed by atoms with Crippen LogP contribution in [0.25, 0.3) is 11.4 Å². The molecule has 5 nitrogen and oxygen atoms in total. The van der Waals surface area contributed by atoms with E-state index in [1.165, 1.54) is 12.1 Å². The molecule has 1 aliphatic carbocycles. The number of hydrogen-bond donors (Lipinski definition) is 3. The number of nitrogens with one attached hydrogen (secondary N) is 1. The Bertz CT molecular complexity index is 628. The van der Waals surface area contributed by atoms with Crippen molar-refractivity contribution < 1.29 is 9.50 Å². The summed E-state index contributed by atoms with van der Waals surface area (Å²) in [7, 11) is 0. The number of halogens is 1. The van der Waals surface area contributed by atoms with Crippen molar-refractivity contribution in [3.63, 3.8) is 0 Å². The van der Waals surface area contributed by atoms with Crippen molar-refractivity contribution in [1.29, 1.82) is 0 Å². The van der Waals surface area contributed by atoms with Crippen LogP contribution in [0, 0.1) is 5.82 Å². The molecule has 1 fully saturated rings. The normalized spacial score (nSPS) is 14.4. The van der Waals surface area contributed by atoms with Gasteiger partial charge in [0.2, 0.25) is 0 Å². The van der Waals surface area contributed by atoms with E-state index in [2.05, 4.69) is 15.4 Å². The summed E-state index contributed by atoms with van der Waals surface area (Å²) in [5.41, 5.74) is 3.91. The fraction of sp³-hybridized carbons (Fsp3) is 0.231. The standard InChI is InChI=1S/C13H13FN4O/c14-9-5-8(3-4-11(9)19)13-16-10(7-1-2-7)6-12(17-13)18-15/h3-7,19H,1-2,15H2,(H,16,17,18). The van der Waals surface area contributed by atoms with Crippen LogP contribution in [0.1, 0.15) is 24.5 Å². The number of hydrazine groups is 1. The van der Waals surface area contributed by atoms with E-state index in [-0.39, 0.29) is 5.75 Å². The third-order valence-corrected chi connectivity index (χ3v) is 3.10. The fourth-order valence-corrected chi connectivity index (χ4v) is 1.90. The van der Waals surface area contributed by atoms with Crippen LogP contribution in [0.2, 0.25) is 0 Å². The Morgan fingerprint density at radius 2 is 2.05 bits per heavy atom. The minimum absolute atomic E-state index is 0.390. The first-order valence-corrected chi connectivity index (χ1v) is 6.02.